The van der Waals surface area contributed by atoms with E-state index in [4.69, 9.17) is 0 Å². The molecule has 1 aromatic carbocycles. The van der Waals surface area contributed by atoms with Crippen molar-refractivity contribution in [2.45, 2.75) is 32.4 Å². The van der Waals surface area contributed by atoms with Gasteiger partial charge in [0.25, 0.3) is 5.69 Å². The van der Waals surface area contributed by atoms with Gasteiger partial charge in [0.2, 0.25) is 0 Å². The van der Waals surface area contributed by atoms with Crippen LogP contribution in [0.25, 0.3) is 0 Å². The Morgan fingerprint density at radius 1 is 1.42 bits per heavy atom. The molecule has 0 amide bonds. The lowest BCUT2D eigenvalue weighted by Crippen LogP contribution is -2.30. The zero-order valence-electron chi connectivity index (χ0n) is 11.5. The second kappa shape index (κ2) is 7.35. The number of nitro benzene ring substituents is 1. The van der Waals surface area contributed by atoms with Crippen molar-refractivity contribution < 1.29 is 9.13 Å². The van der Waals surface area contributed by atoms with Crippen molar-refractivity contribution in [2.24, 2.45) is 0 Å². The number of hydrogen-bond acceptors (Lipinski definition) is 4. The third-order valence-electron chi connectivity index (χ3n) is 2.95. The second-order valence-corrected chi connectivity index (χ2v) is 6.26. The Kier molecular flexibility index (Phi) is 6.11. The molecule has 0 heterocycles. The topological polar surface area (TPSA) is 72.2 Å². The molecule has 1 rings (SSSR count). The number of non-ortho nitro benzene ring substituents is 1. The molecule has 3 unspecified atom stereocenters. The number of nitrogens with one attached hydrogen (secondary N) is 1. The fourth-order valence-electron chi connectivity index (χ4n) is 1.86. The van der Waals surface area contributed by atoms with Gasteiger partial charge < -0.3 is 5.32 Å². The smallest absolute Gasteiger partial charge is 0.269 e. The molecule has 0 aromatic heterocycles. The number of nitro groups is 1. The molecule has 0 fully saturated rings. The summed E-state index contributed by atoms with van der Waals surface area (Å²) in [5, 5.41) is 14.1. The molecular weight excluding hydrogens is 264 g/mol. The molecule has 5 nitrogen and oxygen atoms in total. The Morgan fingerprint density at radius 2 is 2.11 bits per heavy atom. The average molecular weight is 284 g/mol. The molecule has 19 heavy (non-hydrogen) atoms. The van der Waals surface area contributed by atoms with Crippen LogP contribution in [0.4, 0.5) is 5.69 Å². The van der Waals surface area contributed by atoms with Crippen LogP contribution in [0.2, 0.25) is 0 Å². The van der Waals surface area contributed by atoms with E-state index in [0.717, 1.165) is 12.0 Å². The molecule has 0 aliphatic heterocycles. The van der Waals surface area contributed by atoms with Crippen molar-refractivity contribution in [1.82, 2.24) is 5.32 Å². The quantitative estimate of drug-likeness (QED) is 0.616. The molecule has 1 N–H and O–H groups in total. The second-order valence-electron chi connectivity index (χ2n) is 4.71. The number of hydrogen-bond donors (Lipinski definition) is 1. The van der Waals surface area contributed by atoms with Gasteiger partial charge in [-0.1, -0.05) is 12.1 Å². The van der Waals surface area contributed by atoms with Gasteiger partial charge >= 0.3 is 0 Å². The van der Waals surface area contributed by atoms with Gasteiger partial charge in [-0.3, -0.25) is 14.3 Å². The molecule has 3 atom stereocenters. The van der Waals surface area contributed by atoms with Crippen LogP contribution in [0.15, 0.2) is 24.3 Å². The van der Waals surface area contributed by atoms with Crippen LogP contribution in [0.3, 0.4) is 0 Å². The summed E-state index contributed by atoms with van der Waals surface area (Å²) in [6.07, 6.45) is 2.51. The molecule has 0 aliphatic rings. The maximum absolute atomic E-state index is 11.0. The SMILES string of the molecule is CC(CCS(C)=O)NC(C)c1cccc([N+](=O)[O-])c1. The van der Waals surface area contributed by atoms with Gasteiger partial charge in [-0.15, -0.1) is 0 Å². The van der Waals surface area contributed by atoms with Crippen LogP contribution in [0, 0.1) is 10.1 Å². The van der Waals surface area contributed by atoms with E-state index in [1.54, 1.807) is 18.4 Å². The monoisotopic (exact) mass is 284 g/mol. The minimum atomic E-state index is -0.785. The molecule has 0 saturated carbocycles. The van der Waals surface area contributed by atoms with Crippen LogP contribution in [-0.4, -0.2) is 27.2 Å². The first-order chi connectivity index (χ1) is 8.90. The molecular formula is C13H20N2O3S. The Hall–Kier alpha value is -1.27. The lowest BCUT2D eigenvalue weighted by atomic mass is 10.1. The summed E-state index contributed by atoms with van der Waals surface area (Å²) in [4.78, 5) is 10.3. The van der Waals surface area contributed by atoms with Crippen LogP contribution in [0.5, 0.6) is 0 Å². The summed E-state index contributed by atoms with van der Waals surface area (Å²) in [6, 6.07) is 6.88. The highest BCUT2D eigenvalue weighted by molar-refractivity contribution is 7.84. The maximum Gasteiger partial charge on any atom is 0.269 e. The Balaban J connectivity index is 2.62. The molecule has 0 aliphatic carbocycles. The average Bonchev–Trinajstić information content (AvgIpc) is 2.36. The molecule has 0 bridgehead atoms. The summed E-state index contributed by atoms with van der Waals surface area (Å²) in [6.45, 7) is 4.00. The van der Waals surface area contributed by atoms with E-state index in [-0.39, 0.29) is 22.7 Å². The Labute approximate surface area is 116 Å². The molecule has 0 radical (unpaired) electrons. The van der Waals surface area contributed by atoms with Crippen molar-refractivity contribution in [3.63, 3.8) is 0 Å². The van der Waals surface area contributed by atoms with Crippen LogP contribution in [0.1, 0.15) is 31.9 Å². The molecule has 106 valence electrons. The fraction of sp³-hybridized carbons (Fsp3) is 0.538. The third-order valence-corrected chi connectivity index (χ3v) is 3.76. The molecule has 0 spiro atoms. The van der Waals surface area contributed by atoms with Gasteiger partial charge in [0.1, 0.15) is 0 Å². The molecule has 1 aromatic rings. The first-order valence-electron chi connectivity index (χ1n) is 6.20. The van der Waals surface area contributed by atoms with Gasteiger partial charge in [-0.25, -0.2) is 0 Å². The van der Waals surface area contributed by atoms with Crippen molar-refractivity contribution >= 4 is 16.5 Å². The molecule has 6 heteroatoms. The van der Waals surface area contributed by atoms with E-state index in [9.17, 15) is 14.3 Å². The van der Waals surface area contributed by atoms with Crippen molar-refractivity contribution in [3.05, 3.63) is 39.9 Å². The highest BCUT2D eigenvalue weighted by atomic mass is 32.2. The lowest BCUT2D eigenvalue weighted by Gasteiger charge is -2.20. The van der Waals surface area contributed by atoms with Crippen molar-refractivity contribution in [2.75, 3.05) is 12.0 Å². The van der Waals surface area contributed by atoms with Gasteiger partial charge in [0.15, 0.2) is 0 Å². The summed E-state index contributed by atoms with van der Waals surface area (Å²) in [7, 11) is -0.785. The van der Waals surface area contributed by atoms with E-state index in [1.165, 1.54) is 6.07 Å². The summed E-state index contributed by atoms with van der Waals surface area (Å²) in [5.74, 6) is 0.663. The lowest BCUT2D eigenvalue weighted by molar-refractivity contribution is -0.384. The van der Waals surface area contributed by atoms with Crippen LogP contribution >= 0.6 is 0 Å². The summed E-state index contributed by atoms with van der Waals surface area (Å²) in [5.41, 5.74) is 0.993. The highest BCUT2D eigenvalue weighted by Crippen LogP contribution is 2.19. The van der Waals surface area contributed by atoms with E-state index in [1.807, 2.05) is 19.9 Å². The maximum atomic E-state index is 11.0. The number of nitrogens with zero attached hydrogens (tertiary/aromatic N) is 1. The third kappa shape index (κ3) is 5.48. The predicted molar refractivity (Wildman–Crippen MR) is 77.7 cm³/mol. The highest BCUT2D eigenvalue weighted by Gasteiger charge is 2.13. The Bertz CT molecular complexity index is 465. The van der Waals surface area contributed by atoms with Gasteiger partial charge in [-0.2, -0.15) is 0 Å². The molecule has 0 saturated heterocycles. The zero-order chi connectivity index (χ0) is 14.4. The van der Waals surface area contributed by atoms with E-state index in [2.05, 4.69) is 5.32 Å². The van der Waals surface area contributed by atoms with Gasteiger partial charge in [0, 0.05) is 47.0 Å². The van der Waals surface area contributed by atoms with Gasteiger partial charge in [0.05, 0.1) is 4.92 Å². The van der Waals surface area contributed by atoms with E-state index in [0.29, 0.717) is 5.75 Å². The normalized spacial score (nSPS) is 15.7. The summed E-state index contributed by atoms with van der Waals surface area (Å²) >= 11 is 0. The van der Waals surface area contributed by atoms with Gasteiger partial charge in [-0.05, 0) is 25.8 Å². The first kappa shape index (κ1) is 15.8. The first-order valence-corrected chi connectivity index (χ1v) is 7.93. The predicted octanol–water partition coefficient (Wildman–Crippen LogP) is 2.40. The van der Waals surface area contributed by atoms with Crippen LogP contribution in [-0.2, 0) is 10.8 Å². The number of benzene rings is 1. The zero-order valence-corrected chi connectivity index (χ0v) is 12.3. The van der Waals surface area contributed by atoms with E-state index < -0.39 is 10.8 Å². The van der Waals surface area contributed by atoms with E-state index >= 15 is 0 Å². The van der Waals surface area contributed by atoms with Crippen molar-refractivity contribution in [1.29, 1.82) is 0 Å². The standard InChI is InChI=1S/C13H20N2O3S/c1-10(7-8-19(3)18)14-11(2)12-5-4-6-13(9-12)15(16)17/h4-6,9-11,14H,7-8H2,1-3H3. The minimum absolute atomic E-state index is 0.0280. The Morgan fingerprint density at radius 3 is 2.68 bits per heavy atom. The number of rotatable bonds is 7. The van der Waals surface area contributed by atoms with Crippen molar-refractivity contribution in [3.8, 4) is 0 Å². The summed E-state index contributed by atoms with van der Waals surface area (Å²) < 4.78 is 11.0. The fourth-order valence-corrected chi connectivity index (χ4v) is 2.54. The minimum Gasteiger partial charge on any atom is -0.308 e. The largest absolute Gasteiger partial charge is 0.308 e. The van der Waals surface area contributed by atoms with Crippen LogP contribution < -0.4 is 5.32 Å².